The first-order valence-corrected chi connectivity index (χ1v) is 8.47. The molecule has 0 spiro atoms. The van der Waals surface area contributed by atoms with Crippen molar-refractivity contribution < 1.29 is 9.47 Å². The van der Waals surface area contributed by atoms with Crippen LogP contribution in [-0.4, -0.2) is 23.8 Å². The highest BCUT2D eigenvalue weighted by atomic mass is 35.5. The maximum absolute atomic E-state index is 6.00. The van der Waals surface area contributed by atoms with Gasteiger partial charge in [-0.05, 0) is 35.2 Å². The molecule has 2 aromatic rings. The van der Waals surface area contributed by atoms with E-state index in [1.807, 2.05) is 29.6 Å². The standard InChI is InChI=1S/C17H12ClN3O2S/c1-22-13-9-11-10(8-14(13)23-16-3-2-6-24-16)7-12-17(20-11)21-15(18)4-5-19-12/h2-6,8-9H,7H2,1H3. The molecule has 7 heteroatoms. The van der Waals surface area contributed by atoms with Crippen LogP contribution in [0.1, 0.15) is 5.56 Å². The van der Waals surface area contributed by atoms with E-state index in [9.17, 15) is 0 Å². The van der Waals surface area contributed by atoms with Crippen molar-refractivity contribution in [1.82, 2.24) is 0 Å². The van der Waals surface area contributed by atoms with Crippen molar-refractivity contribution in [2.75, 3.05) is 7.11 Å². The van der Waals surface area contributed by atoms with Crippen LogP contribution in [0.25, 0.3) is 0 Å². The number of allylic oxidation sites excluding steroid dienone is 1. The first-order chi connectivity index (χ1) is 11.7. The number of amidine groups is 1. The minimum absolute atomic E-state index is 0.362. The van der Waals surface area contributed by atoms with Crippen LogP contribution in [0.4, 0.5) is 5.69 Å². The zero-order valence-corrected chi connectivity index (χ0v) is 14.3. The van der Waals surface area contributed by atoms with E-state index in [-0.39, 0.29) is 0 Å². The van der Waals surface area contributed by atoms with E-state index in [2.05, 4.69) is 15.0 Å². The molecule has 0 amide bonds. The average molecular weight is 358 g/mol. The van der Waals surface area contributed by atoms with E-state index < -0.39 is 0 Å². The predicted octanol–water partition coefficient (Wildman–Crippen LogP) is 4.74. The zero-order chi connectivity index (χ0) is 16.5. The molecule has 5 nitrogen and oxygen atoms in total. The lowest BCUT2D eigenvalue weighted by Crippen LogP contribution is -2.18. The van der Waals surface area contributed by atoms with Gasteiger partial charge in [0.05, 0.1) is 18.5 Å². The largest absolute Gasteiger partial charge is 0.493 e. The maximum atomic E-state index is 6.00. The highest BCUT2D eigenvalue weighted by molar-refractivity contribution is 7.11. The van der Waals surface area contributed by atoms with E-state index in [1.165, 1.54) is 11.3 Å². The minimum Gasteiger partial charge on any atom is -0.493 e. The van der Waals surface area contributed by atoms with Crippen molar-refractivity contribution >= 4 is 45.3 Å². The number of rotatable bonds is 3. The molecule has 0 saturated heterocycles. The summed E-state index contributed by atoms with van der Waals surface area (Å²) in [5, 5.41) is 3.13. The van der Waals surface area contributed by atoms with E-state index in [1.54, 1.807) is 19.4 Å². The van der Waals surface area contributed by atoms with Crippen LogP contribution in [-0.2, 0) is 6.42 Å². The van der Waals surface area contributed by atoms with Crippen LogP contribution < -0.4 is 9.47 Å². The topological polar surface area (TPSA) is 55.5 Å². The van der Waals surface area contributed by atoms with Crippen molar-refractivity contribution in [3.05, 3.63) is 47.5 Å². The summed E-state index contributed by atoms with van der Waals surface area (Å²) in [6.45, 7) is 0. The summed E-state index contributed by atoms with van der Waals surface area (Å²) in [4.78, 5) is 13.2. The first-order valence-electron chi connectivity index (χ1n) is 7.21. The number of hydrogen-bond donors (Lipinski definition) is 0. The monoisotopic (exact) mass is 357 g/mol. The Morgan fingerprint density at radius 1 is 1.21 bits per heavy atom. The second kappa shape index (κ2) is 6.22. The number of hydrogen-bond acceptors (Lipinski definition) is 6. The summed E-state index contributed by atoms with van der Waals surface area (Å²) in [6, 6.07) is 7.65. The Morgan fingerprint density at radius 3 is 2.92 bits per heavy atom. The third-order valence-electron chi connectivity index (χ3n) is 3.57. The van der Waals surface area contributed by atoms with Gasteiger partial charge in [0.15, 0.2) is 22.4 Å². The second-order valence-electron chi connectivity index (χ2n) is 5.10. The maximum Gasteiger partial charge on any atom is 0.181 e. The molecule has 120 valence electrons. The Morgan fingerprint density at radius 2 is 2.12 bits per heavy atom. The molecule has 1 aromatic carbocycles. The molecule has 0 saturated carbocycles. The van der Waals surface area contributed by atoms with Crippen molar-refractivity contribution in [3.63, 3.8) is 0 Å². The summed E-state index contributed by atoms with van der Waals surface area (Å²) < 4.78 is 11.4. The van der Waals surface area contributed by atoms with Gasteiger partial charge in [-0.1, -0.05) is 11.6 Å². The fourth-order valence-electron chi connectivity index (χ4n) is 2.46. The number of thiophene rings is 1. The number of aliphatic imine (C=N–C) groups is 3. The van der Waals surface area contributed by atoms with Gasteiger partial charge in [0, 0.05) is 18.7 Å². The van der Waals surface area contributed by atoms with Crippen LogP contribution in [0.15, 0.2) is 56.9 Å². The van der Waals surface area contributed by atoms with Gasteiger partial charge >= 0.3 is 0 Å². The number of ether oxygens (including phenoxy) is 2. The van der Waals surface area contributed by atoms with Gasteiger partial charge in [0.25, 0.3) is 0 Å². The van der Waals surface area contributed by atoms with Gasteiger partial charge in [-0.2, -0.15) is 0 Å². The number of nitrogens with zero attached hydrogens (tertiary/aromatic N) is 3. The molecule has 4 rings (SSSR count). The third-order valence-corrected chi connectivity index (χ3v) is 4.52. The van der Waals surface area contributed by atoms with Gasteiger partial charge in [0.2, 0.25) is 0 Å². The van der Waals surface area contributed by atoms with Crippen LogP contribution in [0.2, 0.25) is 0 Å². The Bertz CT molecular complexity index is 914. The molecule has 3 heterocycles. The molecule has 0 aliphatic carbocycles. The lowest BCUT2D eigenvalue weighted by molar-refractivity contribution is 0.381. The van der Waals surface area contributed by atoms with Crippen molar-refractivity contribution in [1.29, 1.82) is 0 Å². The molecule has 0 bridgehead atoms. The molecule has 0 N–H and O–H groups in total. The van der Waals surface area contributed by atoms with Gasteiger partial charge < -0.3 is 9.47 Å². The minimum atomic E-state index is 0.362. The molecule has 0 radical (unpaired) electrons. The molecule has 2 aliphatic rings. The molecule has 0 unspecified atom stereocenters. The van der Waals surface area contributed by atoms with E-state index in [4.69, 9.17) is 21.1 Å². The van der Waals surface area contributed by atoms with Gasteiger partial charge in [-0.15, -0.1) is 11.3 Å². The van der Waals surface area contributed by atoms with E-state index >= 15 is 0 Å². The van der Waals surface area contributed by atoms with Crippen molar-refractivity contribution in [2.24, 2.45) is 15.0 Å². The summed E-state index contributed by atoms with van der Waals surface area (Å²) >= 11 is 7.52. The first kappa shape index (κ1) is 15.1. The number of halogens is 1. The van der Waals surface area contributed by atoms with Gasteiger partial charge in [0.1, 0.15) is 5.17 Å². The average Bonchev–Trinajstić information content (AvgIpc) is 3.01. The summed E-state index contributed by atoms with van der Waals surface area (Å²) in [5.74, 6) is 1.81. The van der Waals surface area contributed by atoms with Crippen molar-refractivity contribution in [3.8, 4) is 16.6 Å². The Kier molecular flexibility index (Phi) is 3.92. The Labute approximate surface area is 147 Å². The molecule has 0 atom stereocenters. The number of fused-ring (bicyclic) bond motifs is 2. The van der Waals surface area contributed by atoms with E-state index in [0.29, 0.717) is 28.9 Å². The molecule has 24 heavy (non-hydrogen) atoms. The fourth-order valence-corrected chi connectivity index (χ4v) is 3.19. The Hall–Kier alpha value is -2.44. The smallest absolute Gasteiger partial charge is 0.181 e. The predicted molar refractivity (Wildman–Crippen MR) is 98.0 cm³/mol. The van der Waals surface area contributed by atoms with Crippen LogP contribution in [0.3, 0.4) is 0 Å². The normalized spacial score (nSPS) is 15.5. The number of benzene rings is 1. The van der Waals surface area contributed by atoms with Crippen LogP contribution in [0, 0.1) is 0 Å². The summed E-state index contributed by atoms with van der Waals surface area (Å²) in [5.41, 5.74) is 2.57. The summed E-state index contributed by atoms with van der Waals surface area (Å²) in [6.07, 6.45) is 3.89. The quantitative estimate of drug-likeness (QED) is 0.796. The van der Waals surface area contributed by atoms with Gasteiger partial charge in [-0.25, -0.2) is 9.98 Å². The zero-order valence-electron chi connectivity index (χ0n) is 12.7. The summed E-state index contributed by atoms with van der Waals surface area (Å²) in [7, 11) is 1.61. The second-order valence-corrected chi connectivity index (χ2v) is 6.40. The highest BCUT2D eigenvalue weighted by Crippen LogP contribution is 2.40. The number of methoxy groups -OCH3 is 1. The Balaban J connectivity index is 1.78. The van der Waals surface area contributed by atoms with Gasteiger partial charge in [-0.3, -0.25) is 4.99 Å². The third kappa shape index (κ3) is 2.86. The molecule has 2 aliphatic heterocycles. The highest BCUT2D eigenvalue weighted by Gasteiger charge is 2.22. The lowest BCUT2D eigenvalue weighted by Gasteiger charge is -2.17. The van der Waals surface area contributed by atoms with Crippen molar-refractivity contribution in [2.45, 2.75) is 6.42 Å². The molecule has 0 fully saturated rings. The molecular formula is C17H12ClN3O2S. The van der Waals surface area contributed by atoms with Crippen LogP contribution in [0.5, 0.6) is 16.6 Å². The van der Waals surface area contributed by atoms with Crippen LogP contribution >= 0.6 is 22.9 Å². The fraction of sp³-hybridized carbons (Fsp3) is 0.118. The van der Waals surface area contributed by atoms with E-state index in [0.717, 1.165) is 22.0 Å². The molecule has 1 aromatic heterocycles. The lowest BCUT2D eigenvalue weighted by atomic mass is 10.0. The molecular weight excluding hydrogens is 346 g/mol. The SMILES string of the molecule is COc1cc2c(cc1Oc1cccs1)CC1=NC=CC(Cl)=NC1=N2.